The molecule has 2 heterocycles. The molecular weight excluding hydrogens is 311 g/mol. The number of hydrogen-bond acceptors (Lipinski definition) is 3. The normalized spacial score (nSPS) is 19.1. The number of aryl methyl sites for hydroxylation is 1. The molecule has 1 aromatic rings. The fraction of sp³-hybridized carbons (Fsp3) is 0.714. The third-order valence-electron chi connectivity index (χ3n) is 4.09. The maximum absolute atomic E-state index is 12.3. The van der Waals surface area contributed by atoms with Gasteiger partial charge in [0.1, 0.15) is 0 Å². The van der Waals surface area contributed by atoms with Gasteiger partial charge in [0, 0.05) is 26.7 Å². The molecule has 1 aromatic heterocycles. The molecule has 7 heteroatoms. The van der Waals surface area contributed by atoms with E-state index in [1.54, 1.807) is 15.8 Å². The molecule has 0 spiro atoms. The van der Waals surface area contributed by atoms with Crippen LogP contribution in [0.15, 0.2) is 12.4 Å². The molecule has 1 aliphatic rings. The number of carbonyl (C=O) groups is 1. The average molecular weight is 337 g/mol. The van der Waals surface area contributed by atoms with Crippen LogP contribution in [0, 0.1) is 11.8 Å². The smallest absolute Gasteiger partial charge is 0.227 e. The summed E-state index contributed by atoms with van der Waals surface area (Å²) in [4.78, 5) is 14.0. The third kappa shape index (κ3) is 5.49. The number of piperidine rings is 1. The lowest BCUT2D eigenvalue weighted by Crippen LogP contribution is -2.36. The molecule has 2 atom stereocenters. The van der Waals surface area contributed by atoms with Gasteiger partial charge in [-0.3, -0.25) is 9.48 Å². The van der Waals surface area contributed by atoms with Crippen molar-refractivity contribution in [2.75, 3.05) is 25.0 Å². The van der Waals surface area contributed by atoms with Gasteiger partial charge in [-0.15, -0.1) is 24.8 Å². The van der Waals surface area contributed by atoms with Gasteiger partial charge in [0.15, 0.2) is 0 Å². The van der Waals surface area contributed by atoms with E-state index in [0.29, 0.717) is 18.3 Å². The van der Waals surface area contributed by atoms with Crippen LogP contribution >= 0.6 is 24.8 Å². The summed E-state index contributed by atoms with van der Waals surface area (Å²) in [5.74, 6) is 1.23. The number of anilines is 1. The lowest BCUT2D eigenvalue weighted by Gasteiger charge is -2.29. The number of nitrogens with zero attached hydrogens (tertiary/aromatic N) is 3. The molecule has 5 nitrogen and oxygen atoms in total. The van der Waals surface area contributed by atoms with Crippen LogP contribution in [0.3, 0.4) is 0 Å². The van der Waals surface area contributed by atoms with Crippen LogP contribution in [0.2, 0.25) is 0 Å². The largest absolute Gasteiger partial charge is 0.316 e. The minimum Gasteiger partial charge on any atom is -0.316 e. The first-order valence-electron chi connectivity index (χ1n) is 7.04. The molecular formula is C14H26Cl2N4O. The zero-order valence-electron chi connectivity index (χ0n) is 12.9. The van der Waals surface area contributed by atoms with Gasteiger partial charge in [-0.2, -0.15) is 5.10 Å². The molecule has 0 saturated carbocycles. The van der Waals surface area contributed by atoms with E-state index in [9.17, 15) is 4.79 Å². The van der Waals surface area contributed by atoms with Crippen LogP contribution in [0.1, 0.15) is 26.2 Å². The number of nitrogens with one attached hydrogen (secondary N) is 1. The number of aromatic nitrogens is 2. The maximum atomic E-state index is 12.3. The van der Waals surface area contributed by atoms with Crippen molar-refractivity contribution in [3.8, 4) is 0 Å². The summed E-state index contributed by atoms with van der Waals surface area (Å²) < 4.78 is 1.72. The average Bonchev–Trinajstić information content (AvgIpc) is 2.85. The lowest BCUT2D eigenvalue weighted by molar-refractivity contribution is -0.119. The Morgan fingerprint density at radius 2 is 2.29 bits per heavy atom. The topological polar surface area (TPSA) is 50.2 Å². The molecule has 0 radical (unpaired) electrons. The zero-order valence-corrected chi connectivity index (χ0v) is 14.5. The highest BCUT2D eigenvalue weighted by molar-refractivity contribution is 5.92. The first-order chi connectivity index (χ1) is 9.08. The van der Waals surface area contributed by atoms with Crippen LogP contribution < -0.4 is 10.2 Å². The predicted molar refractivity (Wildman–Crippen MR) is 90.5 cm³/mol. The van der Waals surface area contributed by atoms with Crippen molar-refractivity contribution in [2.45, 2.75) is 26.2 Å². The first kappa shape index (κ1) is 20.2. The van der Waals surface area contributed by atoms with Crippen molar-refractivity contribution in [3.63, 3.8) is 0 Å². The Morgan fingerprint density at radius 1 is 1.57 bits per heavy atom. The Labute approximate surface area is 139 Å². The molecule has 1 N–H and O–H groups in total. The molecule has 0 bridgehead atoms. The molecule has 1 saturated heterocycles. The molecule has 122 valence electrons. The number of carbonyl (C=O) groups excluding carboxylic acids is 1. The minimum atomic E-state index is 0. The summed E-state index contributed by atoms with van der Waals surface area (Å²) >= 11 is 0. The van der Waals surface area contributed by atoms with Gasteiger partial charge in [-0.05, 0) is 37.8 Å². The zero-order chi connectivity index (χ0) is 13.8. The van der Waals surface area contributed by atoms with Crippen molar-refractivity contribution >= 4 is 36.4 Å². The summed E-state index contributed by atoms with van der Waals surface area (Å²) in [5.41, 5.74) is 0.862. The monoisotopic (exact) mass is 336 g/mol. The molecule has 21 heavy (non-hydrogen) atoms. The van der Waals surface area contributed by atoms with Crippen LogP contribution in [0.4, 0.5) is 5.69 Å². The van der Waals surface area contributed by atoms with E-state index in [1.807, 2.05) is 20.3 Å². The van der Waals surface area contributed by atoms with Gasteiger partial charge in [0.25, 0.3) is 0 Å². The van der Waals surface area contributed by atoms with E-state index in [0.717, 1.165) is 18.8 Å². The van der Waals surface area contributed by atoms with Gasteiger partial charge < -0.3 is 10.2 Å². The molecule has 2 unspecified atom stereocenters. The Kier molecular flexibility index (Phi) is 8.94. The number of hydrogen-bond donors (Lipinski definition) is 1. The summed E-state index contributed by atoms with van der Waals surface area (Å²) in [6, 6.07) is 0. The van der Waals surface area contributed by atoms with Gasteiger partial charge in [0.05, 0.1) is 11.9 Å². The second kappa shape index (κ2) is 9.28. The van der Waals surface area contributed by atoms with E-state index >= 15 is 0 Å². The first-order valence-corrected chi connectivity index (χ1v) is 7.04. The van der Waals surface area contributed by atoms with Crippen LogP contribution in [-0.2, 0) is 11.8 Å². The highest BCUT2D eigenvalue weighted by Gasteiger charge is 2.23. The van der Waals surface area contributed by atoms with Crippen molar-refractivity contribution in [1.82, 2.24) is 15.1 Å². The van der Waals surface area contributed by atoms with E-state index in [-0.39, 0.29) is 30.7 Å². The van der Waals surface area contributed by atoms with Gasteiger partial charge in [0.2, 0.25) is 5.91 Å². The summed E-state index contributed by atoms with van der Waals surface area (Å²) in [6.07, 6.45) is 6.66. The second-order valence-corrected chi connectivity index (χ2v) is 5.61. The lowest BCUT2D eigenvalue weighted by atomic mass is 9.85. The Balaban J connectivity index is 0.00000200. The summed E-state index contributed by atoms with van der Waals surface area (Å²) in [7, 11) is 3.68. The summed E-state index contributed by atoms with van der Waals surface area (Å²) in [5, 5.41) is 7.52. The molecule has 0 aliphatic carbocycles. The number of halogens is 2. The molecule has 1 aliphatic heterocycles. The van der Waals surface area contributed by atoms with Gasteiger partial charge >= 0.3 is 0 Å². The van der Waals surface area contributed by atoms with Crippen molar-refractivity contribution < 1.29 is 4.79 Å². The van der Waals surface area contributed by atoms with E-state index < -0.39 is 0 Å². The summed E-state index contributed by atoms with van der Waals surface area (Å²) in [6.45, 7) is 4.35. The van der Waals surface area contributed by atoms with Crippen LogP contribution in [-0.4, -0.2) is 35.8 Å². The van der Waals surface area contributed by atoms with Crippen LogP contribution in [0.25, 0.3) is 0 Å². The SMILES string of the molecule is CC(CC(=O)N(C)c1cnn(C)c1)C1CCCNC1.Cl.Cl. The molecule has 0 aromatic carbocycles. The van der Waals surface area contributed by atoms with E-state index in [2.05, 4.69) is 17.3 Å². The maximum Gasteiger partial charge on any atom is 0.227 e. The standard InChI is InChI=1S/C14H24N4O.2ClH/c1-11(12-5-4-6-15-8-12)7-14(19)18(3)13-9-16-17(2)10-13;;/h9-12,15H,4-8H2,1-3H3;2*1H. The predicted octanol–water partition coefficient (Wildman–Crippen LogP) is 2.25. The Morgan fingerprint density at radius 3 is 2.81 bits per heavy atom. The highest BCUT2D eigenvalue weighted by atomic mass is 35.5. The van der Waals surface area contributed by atoms with Gasteiger partial charge in [-0.25, -0.2) is 0 Å². The molecule has 1 amide bonds. The number of rotatable bonds is 4. The quantitative estimate of drug-likeness (QED) is 0.917. The van der Waals surface area contributed by atoms with E-state index in [1.165, 1.54) is 12.8 Å². The van der Waals surface area contributed by atoms with Crippen molar-refractivity contribution in [2.24, 2.45) is 18.9 Å². The van der Waals surface area contributed by atoms with Crippen molar-refractivity contribution in [1.29, 1.82) is 0 Å². The Bertz CT molecular complexity index is 432. The van der Waals surface area contributed by atoms with Gasteiger partial charge in [-0.1, -0.05) is 6.92 Å². The number of amides is 1. The fourth-order valence-corrected chi connectivity index (χ4v) is 2.67. The Hall–Kier alpha value is -0.780. The van der Waals surface area contributed by atoms with Crippen molar-refractivity contribution in [3.05, 3.63) is 12.4 Å². The molecule has 1 fully saturated rings. The van der Waals surface area contributed by atoms with Crippen LogP contribution in [0.5, 0.6) is 0 Å². The highest BCUT2D eigenvalue weighted by Crippen LogP contribution is 2.24. The van der Waals surface area contributed by atoms with E-state index in [4.69, 9.17) is 0 Å². The second-order valence-electron chi connectivity index (χ2n) is 5.61. The minimum absolute atomic E-state index is 0. The fourth-order valence-electron chi connectivity index (χ4n) is 2.67. The third-order valence-corrected chi connectivity index (χ3v) is 4.09. The molecule has 2 rings (SSSR count).